The molecular formula is C12H6BrCl2FO. The first-order valence-corrected chi connectivity index (χ1v) is 6.17. The van der Waals surface area contributed by atoms with Crippen molar-refractivity contribution in [3.8, 4) is 16.9 Å². The van der Waals surface area contributed by atoms with Crippen molar-refractivity contribution in [2.45, 2.75) is 0 Å². The lowest BCUT2D eigenvalue weighted by Gasteiger charge is -2.09. The fourth-order valence-corrected chi connectivity index (χ4v) is 2.33. The summed E-state index contributed by atoms with van der Waals surface area (Å²) < 4.78 is 14.4. The number of phenolic OH excluding ortho intramolecular Hbond substituents is 1. The van der Waals surface area contributed by atoms with Crippen LogP contribution in [-0.4, -0.2) is 5.11 Å². The zero-order chi connectivity index (χ0) is 12.6. The summed E-state index contributed by atoms with van der Waals surface area (Å²) in [6.07, 6.45) is 0. The minimum absolute atomic E-state index is 0.0897. The summed E-state index contributed by atoms with van der Waals surface area (Å²) in [4.78, 5) is 0. The minimum atomic E-state index is -0.457. The van der Waals surface area contributed by atoms with Crippen LogP contribution in [-0.2, 0) is 0 Å². The highest BCUT2D eigenvalue weighted by Gasteiger charge is 2.13. The summed E-state index contributed by atoms with van der Waals surface area (Å²) in [5, 5.41) is 10.2. The molecular weight excluding hydrogens is 330 g/mol. The van der Waals surface area contributed by atoms with Gasteiger partial charge in [-0.2, -0.15) is 0 Å². The van der Waals surface area contributed by atoms with Gasteiger partial charge in [0.1, 0.15) is 11.6 Å². The molecule has 0 aromatic heterocycles. The molecule has 17 heavy (non-hydrogen) atoms. The Morgan fingerprint density at radius 2 is 1.76 bits per heavy atom. The second kappa shape index (κ2) is 4.84. The zero-order valence-corrected chi connectivity index (χ0v) is 11.4. The van der Waals surface area contributed by atoms with E-state index in [4.69, 9.17) is 23.2 Å². The first-order chi connectivity index (χ1) is 7.99. The molecule has 0 aliphatic carbocycles. The van der Waals surface area contributed by atoms with Crippen molar-refractivity contribution in [3.63, 3.8) is 0 Å². The van der Waals surface area contributed by atoms with Gasteiger partial charge in [0, 0.05) is 20.6 Å². The van der Waals surface area contributed by atoms with Crippen LogP contribution in [0.3, 0.4) is 0 Å². The molecule has 0 aliphatic heterocycles. The van der Waals surface area contributed by atoms with E-state index in [1.807, 2.05) is 0 Å². The molecule has 0 atom stereocenters. The molecule has 2 rings (SSSR count). The Kier molecular flexibility index (Phi) is 3.61. The van der Waals surface area contributed by atoms with E-state index in [2.05, 4.69) is 15.9 Å². The summed E-state index contributed by atoms with van der Waals surface area (Å²) in [5.74, 6) is -0.644. The summed E-state index contributed by atoms with van der Waals surface area (Å²) in [6, 6.07) is 7.29. The predicted molar refractivity (Wildman–Crippen MR) is 71.2 cm³/mol. The molecule has 0 spiro atoms. The summed E-state index contributed by atoms with van der Waals surface area (Å²) >= 11 is 14.9. The smallest absolute Gasteiger partial charge is 0.142 e. The Morgan fingerprint density at radius 3 is 2.47 bits per heavy atom. The molecule has 88 valence electrons. The number of rotatable bonds is 1. The Labute approximate surface area is 116 Å². The van der Waals surface area contributed by atoms with Crippen LogP contribution in [0.5, 0.6) is 5.75 Å². The number of phenols is 1. The lowest BCUT2D eigenvalue weighted by molar-refractivity contribution is 0.477. The molecule has 0 amide bonds. The minimum Gasteiger partial charge on any atom is -0.506 e. The molecule has 0 aliphatic rings. The average Bonchev–Trinajstić information content (AvgIpc) is 2.27. The normalized spacial score (nSPS) is 10.6. The molecule has 2 aromatic carbocycles. The summed E-state index contributed by atoms with van der Waals surface area (Å²) in [6.45, 7) is 0. The van der Waals surface area contributed by atoms with Crippen molar-refractivity contribution < 1.29 is 9.50 Å². The topological polar surface area (TPSA) is 20.2 Å². The lowest BCUT2D eigenvalue weighted by atomic mass is 10.0. The van der Waals surface area contributed by atoms with E-state index in [0.29, 0.717) is 9.50 Å². The van der Waals surface area contributed by atoms with Gasteiger partial charge in [-0.15, -0.1) is 0 Å². The maximum Gasteiger partial charge on any atom is 0.142 e. The van der Waals surface area contributed by atoms with E-state index in [1.165, 1.54) is 18.2 Å². The Bertz CT molecular complexity index is 587. The van der Waals surface area contributed by atoms with Crippen LogP contribution in [0.1, 0.15) is 0 Å². The van der Waals surface area contributed by atoms with Crippen LogP contribution in [0.4, 0.5) is 4.39 Å². The van der Waals surface area contributed by atoms with Crippen molar-refractivity contribution >= 4 is 39.1 Å². The van der Waals surface area contributed by atoms with E-state index in [9.17, 15) is 9.50 Å². The highest BCUT2D eigenvalue weighted by molar-refractivity contribution is 9.10. The number of benzene rings is 2. The van der Waals surface area contributed by atoms with Gasteiger partial charge < -0.3 is 5.11 Å². The van der Waals surface area contributed by atoms with Crippen LogP contribution in [0, 0.1) is 5.82 Å². The maximum absolute atomic E-state index is 13.7. The molecule has 0 saturated heterocycles. The van der Waals surface area contributed by atoms with Gasteiger partial charge >= 0.3 is 0 Å². The SMILES string of the molecule is Oc1c(Cl)cc(Cl)cc1-c1cc(Br)ccc1F. The molecule has 0 bridgehead atoms. The monoisotopic (exact) mass is 334 g/mol. The average molecular weight is 336 g/mol. The van der Waals surface area contributed by atoms with Gasteiger partial charge in [-0.1, -0.05) is 39.1 Å². The zero-order valence-electron chi connectivity index (χ0n) is 8.35. The van der Waals surface area contributed by atoms with E-state index in [1.54, 1.807) is 12.1 Å². The second-order valence-corrected chi connectivity index (χ2v) is 5.17. The fraction of sp³-hybridized carbons (Fsp3) is 0. The molecule has 0 radical (unpaired) electrons. The van der Waals surface area contributed by atoms with Crippen LogP contribution in [0.25, 0.3) is 11.1 Å². The largest absolute Gasteiger partial charge is 0.506 e. The van der Waals surface area contributed by atoms with Crippen molar-refractivity contribution in [3.05, 3.63) is 50.7 Å². The van der Waals surface area contributed by atoms with E-state index in [-0.39, 0.29) is 21.9 Å². The molecule has 1 nitrogen and oxygen atoms in total. The third-order valence-corrected chi connectivity index (χ3v) is 3.25. The first kappa shape index (κ1) is 12.7. The molecule has 0 heterocycles. The van der Waals surface area contributed by atoms with Gasteiger partial charge in [0.2, 0.25) is 0 Å². The van der Waals surface area contributed by atoms with E-state index in [0.717, 1.165) is 0 Å². The number of hydrogen-bond donors (Lipinski definition) is 1. The Morgan fingerprint density at radius 1 is 1.06 bits per heavy atom. The first-order valence-electron chi connectivity index (χ1n) is 4.62. The van der Waals surface area contributed by atoms with Gasteiger partial charge in [-0.25, -0.2) is 4.39 Å². The molecule has 0 saturated carbocycles. The van der Waals surface area contributed by atoms with Gasteiger partial charge in [-0.05, 0) is 30.3 Å². The van der Waals surface area contributed by atoms with Crippen molar-refractivity contribution in [2.24, 2.45) is 0 Å². The van der Waals surface area contributed by atoms with Crippen LogP contribution >= 0.6 is 39.1 Å². The molecule has 0 unspecified atom stereocenters. The molecule has 0 fully saturated rings. The van der Waals surface area contributed by atoms with Crippen molar-refractivity contribution in [1.82, 2.24) is 0 Å². The maximum atomic E-state index is 13.7. The standard InChI is InChI=1S/C12H6BrCl2FO/c13-6-1-2-11(16)8(3-6)9-4-7(14)5-10(15)12(9)17/h1-5,17H. The Balaban J connectivity index is 2.72. The summed E-state index contributed by atoms with van der Waals surface area (Å²) in [5.41, 5.74) is 0.502. The highest BCUT2D eigenvalue weighted by atomic mass is 79.9. The van der Waals surface area contributed by atoms with Crippen LogP contribution in [0.2, 0.25) is 10.0 Å². The predicted octanol–water partition coefficient (Wildman–Crippen LogP) is 5.27. The van der Waals surface area contributed by atoms with Crippen LogP contribution in [0.15, 0.2) is 34.8 Å². The lowest BCUT2D eigenvalue weighted by Crippen LogP contribution is -1.86. The van der Waals surface area contributed by atoms with Crippen molar-refractivity contribution in [1.29, 1.82) is 0 Å². The van der Waals surface area contributed by atoms with Gasteiger partial charge in [0.05, 0.1) is 5.02 Å². The number of hydrogen-bond acceptors (Lipinski definition) is 1. The molecule has 5 heteroatoms. The molecule has 2 aromatic rings. The van der Waals surface area contributed by atoms with Crippen LogP contribution < -0.4 is 0 Å². The number of aromatic hydroxyl groups is 1. The summed E-state index contributed by atoms with van der Waals surface area (Å²) in [7, 11) is 0. The third kappa shape index (κ3) is 2.57. The molecule has 1 N–H and O–H groups in total. The van der Waals surface area contributed by atoms with Crippen molar-refractivity contribution in [2.75, 3.05) is 0 Å². The Hall–Kier alpha value is -0.770. The van der Waals surface area contributed by atoms with Gasteiger partial charge in [0.15, 0.2) is 0 Å². The highest BCUT2D eigenvalue weighted by Crippen LogP contribution is 2.39. The van der Waals surface area contributed by atoms with E-state index >= 15 is 0 Å². The quantitative estimate of drug-likeness (QED) is 0.752. The fourth-order valence-electron chi connectivity index (χ4n) is 1.48. The third-order valence-electron chi connectivity index (χ3n) is 2.25. The van der Waals surface area contributed by atoms with Gasteiger partial charge in [0.25, 0.3) is 0 Å². The van der Waals surface area contributed by atoms with Gasteiger partial charge in [-0.3, -0.25) is 0 Å². The second-order valence-electron chi connectivity index (χ2n) is 3.41. The van der Waals surface area contributed by atoms with E-state index < -0.39 is 5.82 Å². The number of halogens is 4.